The van der Waals surface area contributed by atoms with Crippen LogP contribution in [-0.2, 0) is 9.53 Å². The molecular weight excluding hydrogens is 248 g/mol. The lowest BCUT2D eigenvalue weighted by atomic mass is 10.2. The first-order valence-corrected chi connectivity index (χ1v) is 5.74. The van der Waals surface area contributed by atoms with Crippen LogP contribution in [-0.4, -0.2) is 49.5 Å². The molecule has 1 heterocycles. The molecule has 19 heavy (non-hydrogen) atoms. The molecule has 1 amide bonds. The topological polar surface area (TPSA) is 97.5 Å². The van der Waals surface area contributed by atoms with E-state index in [-0.39, 0.29) is 17.2 Å². The first kappa shape index (κ1) is 14.7. The molecule has 0 atom stereocenters. The van der Waals surface area contributed by atoms with Gasteiger partial charge in [-0.3, -0.25) is 4.79 Å². The molecule has 1 rings (SSSR count). The third kappa shape index (κ3) is 3.84. The lowest BCUT2D eigenvalue weighted by Gasteiger charge is -2.12. The molecule has 0 fully saturated rings. The number of hydrogen-bond donors (Lipinski definition) is 2. The number of ether oxygens (including phenoxy) is 1. The van der Waals surface area contributed by atoms with E-state index >= 15 is 0 Å². The fraction of sp³-hybridized carbons (Fsp3) is 0.417. The smallest absolute Gasteiger partial charge is 0.340 e. The van der Waals surface area contributed by atoms with Crippen molar-refractivity contribution in [1.82, 2.24) is 9.88 Å². The Morgan fingerprint density at radius 3 is 2.74 bits per heavy atom. The molecular formula is C12H18N4O3. The molecule has 1 aromatic heterocycles. The third-order valence-corrected chi connectivity index (χ3v) is 2.53. The van der Waals surface area contributed by atoms with Crippen molar-refractivity contribution in [2.24, 2.45) is 0 Å². The van der Waals surface area contributed by atoms with Crippen LogP contribution in [0.3, 0.4) is 0 Å². The predicted octanol–water partition coefficient (Wildman–Crippen LogP) is 0.341. The summed E-state index contributed by atoms with van der Waals surface area (Å²) in [4.78, 5) is 28.4. The van der Waals surface area contributed by atoms with Crippen LogP contribution >= 0.6 is 0 Å². The standard InChI is InChI=1S/C12H18N4O3/c1-16(2)9(17)5-7-15-11-10(13)8(4-6-14-11)12(18)19-3/h4,6H,5,7,13H2,1-3H3,(H,14,15). The molecule has 0 saturated carbocycles. The summed E-state index contributed by atoms with van der Waals surface area (Å²) in [6.45, 7) is 0.388. The minimum absolute atomic E-state index is 0.00445. The van der Waals surface area contributed by atoms with E-state index in [1.807, 2.05) is 0 Å². The molecule has 0 aliphatic carbocycles. The number of anilines is 2. The van der Waals surface area contributed by atoms with Crippen LogP contribution in [0.5, 0.6) is 0 Å². The Labute approximate surface area is 111 Å². The summed E-state index contributed by atoms with van der Waals surface area (Å²) < 4.78 is 4.61. The Morgan fingerprint density at radius 1 is 1.47 bits per heavy atom. The number of nitrogens with one attached hydrogen (secondary N) is 1. The van der Waals surface area contributed by atoms with Gasteiger partial charge in [0, 0.05) is 33.3 Å². The maximum Gasteiger partial charge on any atom is 0.340 e. The Balaban J connectivity index is 2.69. The van der Waals surface area contributed by atoms with E-state index in [1.54, 1.807) is 14.1 Å². The molecule has 104 valence electrons. The zero-order valence-electron chi connectivity index (χ0n) is 11.3. The van der Waals surface area contributed by atoms with E-state index in [4.69, 9.17) is 5.73 Å². The number of rotatable bonds is 5. The summed E-state index contributed by atoms with van der Waals surface area (Å²) >= 11 is 0. The second kappa shape index (κ2) is 6.58. The SMILES string of the molecule is COC(=O)c1ccnc(NCCC(=O)N(C)C)c1N. The number of nitrogens with two attached hydrogens (primary N) is 1. The lowest BCUT2D eigenvalue weighted by molar-refractivity contribution is -0.128. The van der Waals surface area contributed by atoms with Gasteiger partial charge in [0.15, 0.2) is 0 Å². The van der Waals surface area contributed by atoms with Crippen molar-refractivity contribution in [1.29, 1.82) is 0 Å². The van der Waals surface area contributed by atoms with E-state index in [2.05, 4.69) is 15.0 Å². The maximum atomic E-state index is 11.4. The molecule has 7 nitrogen and oxygen atoms in total. The largest absolute Gasteiger partial charge is 0.465 e. The quantitative estimate of drug-likeness (QED) is 0.746. The Bertz CT molecular complexity index is 474. The van der Waals surface area contributed by atoms with Gasteiger partial charge in [-0.2, -0.15) is 0 Å². The highest BCUT2D eigenvalue weighted by Crippen LogP contribution is 2.20. The number of hydrogen-bond acceptors (Lipinski definition) is 6. The Morgan fingerprint density at radius 2 is 2.16 bits per heavy atom. The summed E-state index contributed by atoms with van der Waals surface area (Å²) in [5.41, 5.74) is 6.28. The molecule has 0 spiro atoms. The van der Waals surface area contributed by atoms with Crippen molar-refractivity contribution in [2.45, 2.75) is 6.42 Å². The van der Waals surface area contributed by atoms with Gasteiger partial charge in [-0.25, -0.2) is 9.78 Å². The van der Waals surface area contributed by atoms with Crippen LogP contribution in [0.4, 0.5) is 11.5 Å². The number of methoxy groups -OCH3 is 1. The third-order valence-electron chi connectivity index (χ3n) is 2.53. The predicted molar refractivity (Wildman–Crippen MR) is 71.8 cm³/mol. The highest BCUT2D eigenvalue weighted by atomic mass is 16.5. The molecule has 0 unspecified atom stereocenters. The van der Waals surface area contributed by atoms with Gasteiger partial charge in [-0.1, -0.05) is 0 Å². The highest BCUT2D eigenvalue weighted by molar-refractivity contribution is 5.97. The maximum absolute atomic E-state index is 11.4. The monoisotopic (exact) mass is 266 g/mol. The van der Waals surface area contributed by atoms with Crippen LogP contribution in [0.15, 0.2) is 12.3 Å². The summed E-state index contributed by atoms with van der Waals surface area (Å²) in [5, 5.41) is 2.93. The zero-order valence-corrected chi connectivity index (χ0v) is 11.3. The van der Waals surface area contributed by atoms with Gasteiger partial charge in [0.25, 0.3) is 0 Å². The first-order valence-electron chi connectivity index (χ1n) is 5.74. The van der Waals surface area contributed by atoms with Crippen molar-refractivity contribution >= 4 is 23.4 Å². The van der Waals surface area contributed by atoms with E-state index in [0.29, 0.717) is 18.8 Å². The van der Waals surface area contributed by atoms with Crippen molar-refractivity contribution in [2.75, 3.05) is 38.8 Å². The minimum atomic E-state index is -0.521. The molecule has 0 bridgehead atoms. The summed E-state index contributed by atoms with van der Waals surface area (Å²) in [5.74, 6) is -0.156. The highest BCUT2D eigenvalue weighted by Gasteiger charge is 2.13. The van der Waals surface area contributed by atoms with Crippen molar-refractivity contribution in [3.63, 3.8) is 0 Å². The Kier molecular flexibility index (Phi) is 5.11. The van der Waals surface area contributed by atoms with Crippen molar-refractivity contribution < 1.29 is 14.3 Å². The fourth-order valence-electron chi connectivity index (χ4n) is 1.41. The molecule has 0 aliphatic heterocycles. The van der Waals surface area contributed by atoms with Crippen LogP contribution in [0, 0.1) is 0 Å². The Hall–Kier alpha value is -2.31. The minimum Gasteiger partial charge on any atom is -0.465 e. The van der Waals surface area contributed by atoms with Gasteiger partial charge >= 0.3 is 5.97 Å². The van der Waals surface area contributed by atoms with Crippen LogP contribution in [0.2, 0.25) is 0 Å². The van der Waals surface area contributed by atoms with Crippen LogP contribution < -0.4 is 11.1 Å². The molecule has 7 heteroatoms. The summed E-state index contributed by atoms with van der Waals surface area (Å²) in [6, 6.07) is 1.48. The number of esters is 1. The van der Waals surface area contributed by atoms with Gasteiger partial charge in [0.2, 0.25) is 5.91 Å². The lowest BCUT2D eigenvalue weighted by Crippen LogP contribution is -2.24. The number of amides is 1. The number of carbonyl (C=O) groups excluding carboxylic acids is 2. The van der Waals surface area contributed by atoms with E-state index < -0.39 is 5.97 Å². The van der Waals surface area contributed by atoms with Gasteiger partial charge in [-0.15, -0.1) is 0 Å². The molecule has 1 aromatic rings. The summed E-state index contributed by atoms with van der Waals surface area (Å²) in [6.07, 6.45) is 1.77. The number of carbonyl (C=O) groups is 2. The number of aromatic nitrogens is 1. The van der Waals surface area contributed by atoms with Gasteiger partial charge in [-0.05, 0) is 6.07 Å². The molecule has 3 N–H and O–H groups in total. The molecule has 0 radical (unpaired) electrons. The van der Waals surface area contributed by atoms with E-state index in [1.165, 1.54) is 24.3 Å². The average Bonchev–Trinajstić information content (AvgIpc) is 2.39. The van der Waals surface area contributed by atoms with Crippen LogP contribution in [0.25, 0.3) is 0 Å². The molecule has 0 aliphatic rings. The number of pyridine rings is 1. The summed E-state index contributed by atoms with van der Waals surface area (Å²) in [7, 11) is 4.66. The van der Waals surface area contributed by atoms with Crippen molar-refractivity contribution in [3.8, 4) is 0 Å². The fourth-order valence-corrected chi connectivity index (χ4v) is 1.41. The first-order chi connectivity index (χ1) is 8.97. The normalized spacial score (nSPS) is 9.84. The number of nitrogen functional groups attached to an aromatic ring is 1. The average molecular weight is 266 g/mol. The van der Waals surface area contributed by atoms with E-state index in [9.17, 15) is 9.59 Å². The van der Waals surface area contributed by atoms with E-state index in [0.717, 1.165) is 0 Å². The van der Waals surface area contributed by atoms with Crippen LogP contribution in [0.1, 0.15) is 16.8 Å². The zero-order chi connectivity index (χ0) is 14.4. The van der Waals surface area contributed by atoms with Gasteiger partial charge < -0.3 is 20.7 Å². The second-order valence-corrected chi connectivity index (χ2v) is 4.08. The molecule has 0 saturated heterocycles. The second-order valence-electron chi connectivity index (χ2n) is 4.08. The van der Waals surface area contributed by atoms with Crippen molar-refractivity contribution in [3.05, 3.63) is 17.8 Å². The van der Waals surface area contributed by atoms with Gasteiger partial charge in [0.05, 0.1) is 18.4 Å². The number of nitrogens with zero attached hydrogens (tertiary/aromatic N) is 2. The molecule has 0 aromatic carbocycles. The van der Waals surface area contributed by atoms with Gasteiger partial charge in [0.1, 0.15) is 5.82 Å².